The summed E-state index contributed by atoms with van der Waals surface area (Å²) >= 11 is 0. The van der Waals surface area contributed by atoms with Crippen molar-refractivity contribution in [1.82, 2.24) is 0 Å². The van der Waals surface area contributed by atoms with Crippen molar-refractivity contribution < 1.29 is 12.6 Å². The summed E-state index contributed by atoms with van der Waals surface area (Å²) in [6, 6.07) is 6.67. The lowest BCUT2D eigenvalue weighted by molar-refractivity contribution is 0.325. The molecule has 19 heavy (non-hydrogen) atoms. The van der Waals surface area contributed by atoms with E-state index < -0.39 is 18.2 Å². The van der Waals surface area contributed by atoms with Gasteiger partial charge in [-0.3, -0.25) is 4.18 Å². The van der Waals surface area contributed by atoms with Crippen molar-refractivity contribution in [1.29, 1.82) is 0 Å². The van der Waals surface area contributed by atoms with Crippen LogP contribution in [0.4, 0.5) is 0 Å². The van der Waals surface area contributed by atoms with E-state index in [1.807, 2.05) is 13.0 Å². The number of hydrogen-bond acceptors (Lipinski definition) is 3. The van der Waals surface area contributed by atoms with E-state index in [0.717, 1.165) is 5.56 Å². The summed E-state index contributed by atoms with van der Waals surface area (Å²) in [6.45, 7) is 8.80. The highest BCUT2D eigenvalue weighted by molar-refractivity contribution is 7.86. The Bertz CT molecular complexity index is 525. The van der Waals surface area contributed by atoms with Gasteiger partial charge in [-0.25, -0.2) is 0 Å². The molecule has 0 aliphatic heterocycles. The average molecular weight is 298 g/mol. The van der Waals surface area contributed by atoms with Crippen LogP contribution in [-0.2, 0) is 14.3 Å². The maximum atomic E-state index is 11.9. The molecule has 0 aliphatic rings. The number of benzene rings is 1. The van der Waals surface area contributed by atoms with Crippen LogP contribution in [0.3, 0.4) is 0 Å². The van der Waals surface area contributed by atoms with Crippen LogP contribution in [0, 0.1) is 6.92 Å². The monoisotopic (exact) mass is 298 g/mol. The minimum atomic E-state index is -3.62. The van der Waals surface area contributed by atoms with Gasteiger partial charge in [0.15, 0.2) is 0 Å². The molecule has 0 heterocycles. The molecule has 1 aromatic carbocycles. The van der Waals surface area contributed by atoms with E-state index in [4.69, 9.17) is 4.18 Å². The minimum Gasteiger partial charge on any atom is -0.266 e. The van der Waals surface area contributed by atoms with Crippen molar-refractivity contribution in [2.75, 3.05) is 6.61 Å². The van der Waals surface area contributed by atoms with Crippen molar-refractivity contribution in [2.24, 2.45) is 0 Å². The molecule has 0 saturated carbocycles. The van der Waals surface area contributed by atoms with Crippen molar-refractivity contribution in [3.63, 3.8) is 0 Å². The first-order valence-corrected chi connectivity index (χ1v) is 11.3. The Morgan fingerprint density at radius 2 is 1.74 bits per heavy atom. The number of rotatable bonds is 6. The Balaban J connectivity index is 2.53. The lowest BCUT2D eigenvalue weighted by atomic mass is 10.2. The third kappa shape index (κ3) is 6.18. The average Bonchev–Trinajstić information content (AvgIpc) is 2.27. The van der Waals surface area contributed by atoms with E-state index in [9.17, 15) is 8.42 Å². The molecule has 0 spiro atoms. The molecule has 1 aromatic rings. The summed E-state index contributed by atoms with van der Waals surface area (Å²) in [5, 5.41) is 0. The number of aryl methyl sites for hydroxylation is 1. The molecule has 0 bridgehead atoms. The van der Waals surface area contributed by atoms with Crippen LogP contribution in [0.2, 0.25) is 19.6 Å². The molecule has 3 nitrogen and oxygen atoms in total. The first-order valence-electron chi connectivity index (χ1n) is 6.34. The number of hydrogen-bond donors (Lipinski definition) is 0. The van der Waals surface area contributed by atoms with E-state index in [0.29, 0.717) is 6.42 Å². The van der Waals surface area contributed by atoms with Crippen molar-refractivity contribution >= 4 is 18.2 Å². The molecule has 0 atom stereocenters. The minimum absolute atomic E-state index is 0.192. The second-order valence-corrected chi connectivity index (χ2v) is 12.3. The van der Waals surface area contributed by atoms with Crippen molar-refractivity contribution in [3.8, 4) is 0 Å². The molecule has 0 aromatic heterocycles. The van der Waals surface area contributed by atoms with Crippen molar-refractivity contribution in [2.45, 2.75) is 37.9 Å². The summed E-state index contributed by atoms with van der Waals surface area (Å²) in [7, 11) is -4.82. The quantitative estimate of drug-likeness (QED) is 0.458. The second-order valence-electron chi connectivity index (χ2n) is 5.65. The SMILES string of the molecule is Cc1ccc(S(=O)(=O)OCC/C=C\[Si](C)(C)C)cc1. The molecule has 0 saturated heterocycles. The molecular weight excluding hydrogens is 276 g/mol. The lowest BCUT2D eigenvalue weighted by Gasteiger charge is -2.08. The summed E-state index contributed by atoms with van der Waals surface area (Å²) in [4.78, 5) is 0.215. The first kappa shape index (κ1) is 16.1. The summed E-state index contributed by atoms with van der Waals surface area (Å²) < 4.78 is 28.7. The fourth-order valence-electron chi connectivity index (χ4n) is 1.44. The Morgan fingerprint density at radius 3 is 2.26 bits per heavy atom. The van der Waals surface area contributed by atoms with E-state index in [1.54, 1.807) is 24.3 Å². The first-order chi connectivity index (χ1) is 8.71. The highest BCUT2D eigenvalue weighted by Crippen LogP contribution is 2.13. The van der Waals surface area contributed by atoms with Crippen LogP contribution < -0.4 is 0 Å². The lowest BCUT2D eigenvalue weighted by Crippen LogP contribution is -2.15. The predicted molar refractivity (Wildman–Crippen MR) is 81.4 cm³/mol. The van der Waals surface area contributed by atoms with E-state index >= 15 is 0 Å². The van der Waals surface area contributed by atoms with Gasteiger partial charge in [0.1, 0.15) is 0 Å². The Morgan fingerprint density at radius 1 is 1.16 bits per heavy atom. The third-order valence-electron chi connectivity index (χ3n) is 2.45. The summed E-state index contributed by atoms with van der Waals surface area (Å²) in [6.07, 6.45) is 2.63. The summed E-state index contributed by atoms with van der Waals surface area (Å²) in [5.41, 5.74) is 3.21. The van der Waals surface area contributed by atoms with Gasteiger partial charge >= 0.3 is 0 Å². The standard InChI is InChI=1S/C14H22O3SSi/c1-13-7-9-14(10-8-13)18(15,16)17-11-5-6-12-19(2,3)4/h6-10,12H,5,11H2,1-4H3/b12-6-. The fourth-order valence-corrected chi connectivity index (χ4v) is 3.23. The van der Waals surface area contributed by atoms with Crippen LogP contribution in [0.25, 0.3) is 0 Å². The maximum absolute atomic E-state index is 11.9. The van der Waals surface area contributed by atoms with Crippen LogP contribution >= 0.6 is 0 Å². The molecule has 5 heteroatoms. The van der Waals surface area contributed by atoms with Crippen LogP contribution in [0.15, 0.2) is 40.9 Å². The maximum Gasteiger partial charge on any atom is 0.296 e. The predicted octanol–water partition coefficient (Wildman–Crippen LogP) is 3.52. The largest absolute Gasteiger partial charge is 0.296 e. The zero-order chi connectivity index (χ0) is 14.5. The topological polar surface area (TPSA) is 43.4 Å². The van der Waals surface area contributed by atoms with Gasteiger partial charge in [0.2, 0.25) is 0 Å². The van der Waals surface area contributed by atoms with Gasteiger partial charge in [0.25, 0.3) is 10.1 Å². The normalized spacial score (nSPS) is 13.1. The van der Waals surface area contributed by atoms with E-state index in [2.05, 4.69) is 25.3 Å². The Labute approximate surface area is 117 Å². The van der Waals surface area contributed by atoms with Gasteiger partial charge in [0, 0.05) is 0 Å². The highest BCUT2D eigenvalue weighted by Gasteiger charge is 2.14. The van der Waals surface area contributed by atoms with Crippen molar-refractivity contribution in [3.05, 3.63) is 41.6 Å². The van der Waals surface area contributed by atoms with Gasteiger partial charge < -0.3 is 0 Å². The zero-order valence-corrected chi connectivity index (χ0v) is 13.8. The molecule has 0 radical (unpaired) electrons. The van der Waals surface area contributed by atoms with Gasteiger partial charge in [-0.2, -0.15) is 8.42 Å². The van der Waals surface area contributed by atoms with E-state index in [1.165, 1.54) is 0 Å². The second kappa shape index (κ2) is 6.50. The summed E-state index contributed by atoms with van der Waals surface area (Å²) in [5.74, 6) is 0. The third-order valence-corrected chi connectivity index (χ3v) is 5.01. The molecule has 0 unspecified atom stereocenters. The fraction of sp³-hybridized carbons (Fsp3) is 0.429. The van der Waals surface area contributed by atoms with Gasteiger partial charge in [0.05, 0.1) is 19.6 Å². The molecule has 0 N–H and O–H groups in total. The van der Waals surface area contributed by atoms with Crippen LogP contribution in [-0.4, -0.2) is 23.1 Å². The van der Waals surface area contributed by atoms with Gasteiger partial charge in [-0.1, -0.05) is 49.1 Å². The molecule has 0 amide bonds. The molecular formula is C14H22O3SSi. The highest BCUT2D eigenvalue weighted by atomic mass is 32.2. The molecule has 1 rings (SSSR count). The van der Waals surface area contributed by atoms with E-state index in [-0.39, 0.29) is 11.5 Å². The smallest absolute Gasteiger partial charge is 0.266 e. The van der Waals surface area contributed by atoms with Gasteiger partial charge in [-0.15, -0.1) is 0 Å². The Kier molecular flexibility index (Phi) is 5.52. The van der Waals surface area contributed by atoms with Gasteiger partial charge in [-0.05, 0) is 25.5 Å². The molecule has 0 aliphatic carbocycles. The zero-order valence-electron chi connectivity index (χ0n) is 12.0. The Hall–Kier alpha value is -0.913. The molecule has 0 fully saturated rings. The molecule has 106 valence electrons. The van der Waals surface area contributed by atoms with Crippen LogP contribution in [0.1, 0.15) is 12.0 Å². The van der Waals surface area contributed by atoms with Crippen LogP contribution in [0.5, 0.6) is 0 Å².